The lowest BCUT2D eigenvalue weighted by molar-refractivity contribution is -0.121. The Morgan fingerprint density at radius 1 is 1.08 bits per heavy atom. The summed E-state index contributed by atoms with van der Waals surface area (Å²) in [7, 11) is 1.49. The molecule has 0 saturated carbocycles. The number of carbonyl (C=O) groups excluding carboxylic acids is 3. The van der Waals surface area contributed by atoms with E-state index >= 15 is 0 Å². The van der Waals surface area contributed by atoms with Crippen LogP contribution in [0.5, 0.6) is 5.75 Å². The van der Waals surface area contributed by atoms with Gasteiger partial charge in [0.05, 0.1) is 12.7 Å². The molecule has 0 spiro atoms. The van der Waals surface area contributed by atoms with Crippen LogP contribution in [-0.2, 0) is 4.79 Å². The van der Waals surface area contributed by atoms with E-state index in [2.05, 4.69) is 15.8 Å². The second-order valence-corrected chi connectivity index (χ2v) is 5.34. The first-order valence-corrected chi connectivity index (χ1v) is 7.69. The minimum absolute atomic E-state index is 0.00506. The number of benzene rings is 1. The number of Topliss-reactive ketones (excluding diaryl/α,β-unsaturated/α-hetero) is 1. The predicted octanol–water partition coefficient (Wildman–Crippen LogP) is 1.82. The number of hydrogen-bond acceptors (Lipinski definition) is 5. The van der Waals surface area contributed by atoms with E-state index < -0.39 is 11.8 Å². The van der Waals surface area contributed by atoms with Crippen molar-refractivity contribution in [2.45, 2.75) is 19.8 Å². The number of nitrogens with one attached hydrogen (secondary N) is 2. The van der Waals surface area contributed by atoms with Crippen LogP contribution >= 0.6 is 0 Å². The number of amides is 2. The number of hydrogen-bond donors (Lipinski definition) is 2. The highest BCUT2D eigenvalue weighted by Crippen LogP contribution is 2.21. The van der Waals surface area contributed by atoms with Gasteiger partial charge in [0.15, 0.2) is 5.78 Å². The summed E-state index contributed by atoms with van der Waals surface area (Å²) in [6.07, 6.45) is 1.42. The molecule has 130 valence electrons. The lowest BCUT2D eigenvalue weighted by Crippen LogP contribution is -2.42. The lowest BCUT2D eigenvalue weighted by Gasteiger charge is -2.09. The third-order valence-corrected chi connectivity index (χ3v) is 3.45. The normalized spacial score (nSPS) is 10.0. The number of hydrazine groups is 1. The Balaban J connectivity index is 1.85. The van der Waals surface area contributed by atoms with Gasteiger partial charge in [0.25, 0.3) is 5.91 Å². The van der Waals surface area contributed by atoms with Gasteiger partial charge in [0, 0.05) is 19.0 Å². The highest BCUT2D eigenvalue weighted by molar-refractivity contribution is 6.00. The van der Waals surface area contributed by atoms with E-state index in [9.17, 15) is 14.4 Å². The van der Waals surface area contributed by atoms with Gasteiger partial charge >= 0.3 is 0 Å². The zero-order valence-corrected chi connectivity index (χ0v) is 14.0. The minimum atomic E-state index is -0.527. The molecular weight excluding hydrogens is 322 g/mol. The van der Waals surface area contributed by atoms with E-state index in [1.165, 1.54) is 19.4 Å². The molecule has 0 atom stereocenters. The number of aryl methyl sites for hydroxylation is 1. The average molecular weight is 341 g/mol. The average Bonchev–Trinajstić information content (AvgIpc) is 2.64. The summed E-state index contributed by atoms with van der Waals surface area (Å²) >= 11 is 0. The van der Waals surface area contributed by atoms with Crippen molar-refractivity contribution in [3.63, 3.8) is 0 Å². The van der Waals surface area contributed by atoms with Crippen LogP contribution in [0.2, 0.25) is 0 Å². The van der Waals surface area contributed by atoms with Crippen LogP contribution in [-0.4, -0.2) is 29.7 Å². The Bertz CT molecular complexity index is 775. The molecule has 0 unspecified atom stereocenters. The summed E-state index contributed by atoms with van der Waals surface area (Å²) in [6, 6.07) is 10.2. The van der Waals surface area contributed by atoms with Crippen LogP contribution in [0.1, 0.15) is 39.3 Å². The van der Waals surface area contributed by atoms with Crippen molar-refractivity contribution in [3.8, 4) is 5.75 Å². The molecule has 0 aliphatic rings. The Morgan fingerprint density at radius 2 is 1.88 bits per heavy atom. The van der Waals surface area contributed by atoms with E-state index in [0.29, 0.717) is 11.3 Å². The maximum atomic E-state index is 12.3. The molecule has 0 aliphatic carbocycles. The first-order valence-electron chi connectivity index (χ1n) is 7.69. The van der Waals surface area contributed by atoms with Crippen LogP contribution in [0.15, 0.2) is 42.6 Å². The van der Waals surface area contributed by atoms with Gasteiger partial charge in [-0.1, -0.05) is 17.7 Å². The standard InChI is InChI=1S/C18H19N3O4/c1-12-6-8-16(25-2)13(11-12)15(22)7-9-17(23)20-21-18(24)14-5-3-4-10-19-14/h3-6,8,10-11H,7,9H2,1-2H3,(H,20,23)(H,21,24). The van der Waals surface area contributed by atoms with Crippen molar-refractivity contribution < 1.29 is 19.1 Å². The molecule has 1 heterocycles. The Morgan fingerprint density at radius 3 is 2.56 bits per heavy atom. The van der Waals surface area contributed by atoms with E-state index in [1.807, 2.05) is 13.0 Å². The number of aromatic nitrogens is 1. The second-order valence-electron chi connectivity index (χ2n) is 5.34. The van der Waals surface area contributed by atoms with Crippen molar-refractivity contribution in [3.05, 3.63) is 59.4 Å². The van der Waals surface area contributed by atoms with Gasteiger partial charge in [-0.2, -0.15) is 0 Å². The van der Waals surface area contributed by atoms with Crippen LogP contribution < -0.4 is 15.6 Å². The highest BCUT2D eigenvalue weighted by Gasteiger charge is 2.15. The summed E-state index contributed by atoms with van der Waals surface area (Å²) in [5.41, 5.74) is 6.07. The Kier molecular flexibility index (Phi) is 6.22. The molecule has 0 saturated heterocycles. The number of methoxy groups -OCH3 is 1. The highest BCUT2D eigenvalue weighted by atomic mass is 16.5. The molecule has 2 N–H and O–H groups in total. The monoisotopic (exact) mass is 341 g/mol. The molecule has 7 nitrogen and oxygen atoms in total. The number of rotatable bonds is 6. The van der Waals surface area contributed by atoms with Crippen molar-refractivity contribution in [2.75, 3.05) is 7.11 Å². The van der Waals surface area contributed by atoms with E-state index in [1.54, 1.807) is 24.3 Å². The van der Waals surface area contributed by atoms with Gasteiger partial charge in [-0.3, -0.25) is 30.2 Å². The van der Waals surface area contributed by atoms with Gasteiger partial charge in [0.2, 0.25) is 5.91 Å². The van der Waals surface area contributed by atoms with Gasteiger partial charge in [-0.15, -0.1) is 0 Å². The van der Waals surface area contributed by atoms with Crippen LogP contribution in [0.3, 0.4) is 0 Å². The number of ketones is 1. The Hall–Kier alpha value is -3.22. The number of pyridine rings is 1. The molecule has 0 bridgehead atoms. The zero-order chi connectivity index (χ0) is 18.2. The molecule has 0 fully saturated rings. The van der Waals surface area contributed by atoms with Gasteiger partial charge in [-0.25, -0.2) is 0 Å². The SMILES string of the molecule is COc1ccc(C)cc1C(=O)CCC(=O)NNC(=O)c1ccccn1. The number of carbonyl (C=O) groups is 3. The molecule has 25 heavy (non-hydrogen) atoms. The summed E-state index contributed by atoms with van der Waals surface area (Å²) < 4.78 is 5.17. The third kappa shape index (κ3) is 5.13. The van der Waals surface area contributed by atoms with E-state index in [0.717, 1.165) is 5.56 Å². The molecule has 2 rings (SSSR count). The topological polar surface area (TPSA) is 97.4 Å². The van der Waals surface area contributed by atoms with Crippen molar-refractivity contribution >= 4 is 17.6 Å². The third-order valence-electron chi connectivity index (χ3n) is 3.45. The first kappa shape index (κ1) is 18.1. The molecule has 0 aliphatic heterocycles. The zero-order valence-electron chi connectivity index (χ0n) is 14.0. The quantitative estimate of drug-likeness (QED) is 0.617. The largest absolute Gasteiger partial charge is 0.496 e. The fourth-order valence-electron chi connectivity index (χ4n) is 2.15. The van der Waals surface area contributed by atoms with Gasteiger partial charge in [0.1, 0.15) is 11.4 Å². The predicted molar refractivity (Wildman–Crippen MR) is 91.1 cm³/mol. The van der Waals surface area contributed by atoms with E-state index in [4.69, 9.17) is 4.74 Å². The summed E-state index contributed by atoms with van der Waals surface area (Å²) in [6.45, 7) is 1.87. The summed E-state index contributed by atoms with van der Waals surface area (Å²) in [4.78, 5) is 39.7. The van der Waals surface area contributed by atoms with Gasteiger partial charge in [-0.05, 0) is 31.2 Å². The van der Waals surface area contributed by atoms with Crippen molar-refractivity contribution in [1.29, 1.82) is 0 Å². The lowest BCUT2D eigenvalue weighted by atomic mass is 10.0. The smallest absolute Gasteiger partial charge is 0.288 e. The number of nitrogens with zero attached hydrogens (tertiary/aromatic N) is 1. The van der Waals surface area contributed by atoms with Crippen molar-refractivity contribution in [1.82, 2.24) is 15.8 Å². The molecule has 0 radical (unpaired) electrons. The van der Waals surface area contributed by atoms with Crippen LogP contribution in [0.4, 0.5) is 0 Å². The van der Waals surface area contributed by atoms with Crippen molar-refractivity contribution in [2.24, 2.45) is 0 Å². The minimum Gasteiger partial charge on any atom is -0.496 e. The van der Waals surface area contributed by atoms with E-state index in [-0.39, 0.29) is 24.3 Å². The molecule has 1 aromatic carbocycles. The fourth-order valence-corrected chi connectivity index (χ4v) is 2.15. The molecule has 2 aromatic rings. The maximum Gasteiger partial charge on any atom is 0.288 e. The number of ether oxygens (including phenoxy) is 1. The maximum absolute atomic E-state index is 12.3. The second kappa shape index (κ2) is 8.58. The molecule has 7 heteroatoms. The fraction of sp³-hybridized carbons (Fsp3) is 0.222. The van der Waals surface area contributed by atoms with Crippen LogP contribution in [0, 0.1) is 6.92 Å². The first-order chi connectivity index (χ1) is 12.0. The Labute approximate surface area is 145 Å². The summed E-state index contributed by atoms with van der Waals surface area (Å²) in [5, 5.41) is 0. The molecular formula is C18H19N3O4. The van der Waals surface area contributed by atoms with Crippen LogP contribution in [0.25, 0.3) is 0 Å². The molecule has 1 aromatic heterocycles. The van der Waals surface area contributed by atoms with Gasteiger partial charge < -0.3 is 4.74 Å². The molecule has 2 amide bonds. The summed E-state index contributed by atoms with van der Waals surface area (Å²) in [5.74, 6) is -0.726.